The van der Waals surface area contributed by atoms with Gasteiger partial charge >= 0.3 is 0 Å². The van der Waals surface area contributed by atoms with E-state index in [-0.39, 0.29) is 18.1 Å². The SMILES string of the molecule is COc1ccccc1OCC(=O)N/N=C\c1ccc2c(c1)C(C)=CC(C)(C)N2C. The van der Waals surface area contributed by atoms with Crippen molar-refractivity contribution in [3.8, 4) is 11.5 Å². The van der Waals surface area contributed by atoms with Crippen LogP contribution in [0.15, 0.2) is 53.6 Å². The summed E-state index contributed by atoms with van der Waals surface area (Å²) in [6, 6.07) is 13.3. The third kappa shape index (κ3) is 4.59. The lowest BCUT2D eigenvalue weighted by Gasteiger charge is -2.40. The van der Waals surface area contributed by atoms with Crippen molar-refractivity contribution < 1.29 is 14.3 Å². The van der Waals surface area contributed by atoms with Crippen LogP contribution in [0, 0.1) is 0 Å². The molecule has 1 amide bonds. The smallest absolute Gasteiger partial charge is 0.277 e. The highest BCUT2D eigenvalue weighted by molar-refractivity contribution is 5.88. The summed E-state index contributed by atoms with van der Waals surface area (Å²) in [6.45, 7) is 6.35. The summed E-state index contributed by atoms with van der Waals surface area (Å²) in [6.07, 6.45) is 3.89. The van der Waals surface area contributed by atoms with Gasteiger partial charge in [0.15, 0.2) is 18.1 Å². The van der Waals surface area contributed by atoms with Crippen LogP contribution in [0.2, 0.25) is 0 Å². The molecule has 29 heavy (non-hydrogen) atoms. The van der Waals surface area contributed by atoms with Gasteiger partial charge in [0.25, 0.3) is 5.91 Å². The quantitative estimate of drug-likeness (QED) is 0.598. The Hall–Kier alpha value is -3.28. The minimum absolute atomic E-state index is 0.0257. The Morgan fingerprint density at radius 3 is 2.66 bits per heavy atom. The van der Waals surface area contributed by atoms with Gasteiger partial charge in [0.1, 0.15) is 0 Å². The Bertz CT molecular complexity index is 964. The van der Waals surface area contributed by atoms with E-state index >= 15 is 0 Å². The Balaban J connectivity index is 1.61. The minimum Gasteiger partial charge on any atom is -0.493 e. The van der Waals surface area contributed by atoms with Gasteiger partial charge in [-0.2, -0.15) is 5.10 Å². The van der Waals surface area contributed by atoms with Crippen LogP contribution >= 0.6 is 0 Å². The number of rotatable bonds is 6. The number of nitrogens with zero attached hydrogens (tertiary/aromatic N) is 2. The van der Waals surface area contributed by atoms with Crippen LogP contribution in [-0.4, -0.2) is 38.4 Å². The van der Waals surface area contributed by atoms with Crippen molar-refractivity contribution in [2.45, 2.75) is 26.3 Å². The summed E-state index contributed by atoms with van der Waals surface area (Å²) in [4.78, 5) is 14.3. The first-order valence-electron chi connectivity index (χ1n) is 9.47. The number of ether oxygens (including phenoxy) is 2. The first-order chi connectivity index (χ1) is 13.8. The van der Waals surface area contributed by atoms with Crippen molar-refractivity contribution in [3.63, 3.8) is 0 Å². The number of allylic oxidation sites excluding steroid dienone is 1. The zero-order valence-corrected chi connectivity index (χ0v) is 17.5. The summed E-state index contributed by atoms with van der Waals surface area (Å²) in [5.41, 5.74) is 6.96. The van der Waals surface area contributed by atoms with Gasteiger partial charge in [-0.1, -0.05) is 24.3 Å². The van der Waals surface area contributed by atoms with Crippen LogP contribution in [-0.2, 0) is 4.79 Å². The lowest BCUT2D eigenvalue weighted by atomic mass is 9.89. The zero-order valence-electron chi connectivity index (χ0n) is 17.5. The van der Waals surface area contributed by atoms with Crippen LogP contribution in [0.5, 0.6) is 11.5 Å². The number of amides is 1. The molecule has 1 heterocycles. The Kier molecular flexibility index (Phi) is 5.92. The van der Waals surface area contributed by atoms with Crippen molar-refractivity contribution in [1.29, 1.82) is 0 Å². The van der Waals surface area contributed by atoms with Gasteiger partial charge in [0.2, 0.25) is 0 Å². The molecule has 1 N–H and O–H groups in total. The molecule has 0 aliphatic carbocycles. The standard InChI is InChI=1S/C23H27N3O3/c1-16-13-23(2,3)26(4)19-11-10-17(12-18(16)19)14-24-25-22(27)15-29-21-9-7-6-8-20(21)28-5/h6-14H,15H2,1-5H3,(H,25,27)/b24-14-. The molecule has 0 saturated heterocycles. The third-order valence-corrected chi connectivity index (χ3v) is 5.07. The number of hydrogen-bond donors (Lipinski definition) is 1. The predicted octanol–water partition coefficient (Wildman–Crippen LogP) is 3.86. The van der Waals surface area contributed by atoms with Gasteiger partial charge in [-0.15, -0.1) is 0 Å². The molecule has 1 aliphatic heterocycles. The zero-order chi connectivity index (χ0) is 21.0. The van der Waals surface area contributed by atoms with Crippen LogP contribution in [0.4, 0.5) is 5.69 Å². The van der Waals surface area contributed by atoms with Gasteiger partial charge in [-0.05, 0) is 56.2 Å². The molecule has 152 valence electrons. The monoisotopic (exact) mass is 393 g/mol. The van der Waals surface area contributed by atoms with E-state index in [0.717, 1.165) is 5.56 Å². The molecular formula is C23H27N3O3. The van der Waals surface area contributed by atoms with Crippen molar-refractivity contribution in [1.82, 2.24) is 5.43 Å². The third-order valence-electron chi connectivity index (χ3n) is 5.07. The van der Waals surface area contributed by atoms with Gasteiger partial charge in [0, 0.05) is 18.3 Å². The van der Waals surface area contributed by atoms with Crippen molar-refractivity contribution in [2.24, 2.45) is 5.10 Å². The molecule has 0 unspecified atom stereocenters. The highest BCUT2D eigenvalue weighted by Crippen LogP contribution is 2.37. The molecule has 0 aromatic heterocycles. The number of fused-ring (bicyclic) bond motifs is 1. The molecule has 6 nitrogen and oxygen atoms in total. The summed E-state index contributed by atoms with van der Waals surface area (Å²) < 4.78 is 10.7. The fourth-order valence-electron chi connectivity index (χ4n) is 3.35. The molecular weight excluding hydrogens is 366 g/mol. The average molecular weight is 393 g/mol. The van der Waals surface area contributed by atoms with Crippen LogP contribution in [0.25, 0.3) is 5.57 Å². The Morgan fingerprint density at radius 2 is 1.93 bits per heavy atom. The molecule has 2 aromatic carbocycles. The first-order valence-corrected chi connectivity index (χ1v) is 9.47. The molecule has 1 aliphatic rings. The maximum absolute atomic E-state index is 12.0. The molecule has 0 atom stereocenters. The summed E-state index contributed by atoms with van der Waals surface area (Å²) in [5.74, 6) is 0.746. The molecule has 3 rings (SSSR count). The Labute approximate surface area is 171 Å². The Morgan fingerprint density at radius 1 is 1.21 bits per heavy atom. The van der Waals surface area contributed by atoms with Crippen LogP contribution in [0.1, 0.15) is 31.9 Å². The van der Waals surface area contributed by atoms with E-state index in [1.54, 1.807) is 25.5 Å². The van der Waals surface area contributed by atoms with E-state index < -0.39 is 0 Å². The lowest BCUT2D eigenvalue weighted by Crippen LogP contribution is -2.42. The highest BCUT2D eigenvalue weighted by Gasteiger charge is 2.28. The number of carbonyl (C=O) groups excluding carboxylic acids is 1. The predicted molar refractivity (Wildman–Crippen MR) is 117 cm³/mol. The molecule has 2 aromatic rings. The average Bonchev–Trinajstić information content (AvgIpc) is 2.70. The number of para-hydroxylation sites is 2. The minimum atomic E-state index is -0.345. The van der Waals surface area contributed by atoms with E-state index in [0.29, 0.717) is 11.5 Å². The second kappa shape index (κ2) is 8.39. The van der Waals surface area contributed by atoms with E-state index in [9.17, 15) is 4.79 Å². The van der Waals surface area contributed by atoms with Gasteiger partial charge in [-0.3, -0.25) is 4.79 Å². The first kappa shape index (κ1) is 20.5. The van der Waals surface area contributed by atoms with E-state index in [4.69, 9.17) is 9.47 Å². The second-order valence-corrected chi connectivity index (χ2v) is 7.55. The number of methoxy groups -OCH3 is 1. The number of benzene rings is 2. The summed E-state index contributed by atoms with van der Waals surface area (Å²) in [5, 5.41) is 4.05. The fraction of sp³-hybridized carbons (Fsp3) is 0.304. The van der Waals surface area contributed by atoms with E-state index in [1.807, 2.05) is 18.2 Å². The second-order valence-electron chi connectivity index (χ2n) is 7.55. The van der Waals surface area contributed by atoms with Crippen molar-refractivity contribution in [3.05, 3.63) is 59.7 Å². The lowest BCUT2D eigenvalue weighted by molar-refractivity contribution is -0.123. The maximum atomic E-state index is 12.0. The van der Waals surface area contributed by atoms with Crippen molar-refractivity contribution >= 4 is 23.4 Å². The topological polar surface area (TPSA) is 63.2 Å². The number of hydrazone groups is 1. The van der Waals surface area contributed by atoms with Crippen LogP contribution in [0.3, 0.4) is 0 Å². The summed E-state index contributed by atoms with van der Waals surface area (Å²) in [7, 11) is 3.65. The molecule has 0 saturated carbocycles. The largest absolute Gasteiger partial charge is 0.493 e. The normalized spacial score (nSPS) is 14.9. The number of nitrogens with one attached hydrogen (secondary N) is 1. The van der Waals surface area contributed by atoms with Crippen LogP contribution < -0.4 is 19.8 Å². The van der Waals surface area contributed by atoms with E-state index in [2.05, 4.69) is 61.5 Å². The van der Waals surface area contributed by atoms with Crippen molar-refractivity contribution in [2.75, 3.05) is 25.7 Å². The van der Waals surface area contributed by atoms with Gasteiger partial charge < -0.3 is 14.4 Å². The molecule has 0 bridgehead atoms. The van der Waals surface area contributed by atoms with Gasteiger partial charge in [0.05, 0.1) is 18.9 Å². The summed E-state index contributed by atoms with van der Waals surface area (Å²) >= 11 is 0. The highest BCUT2D eigenvalue weighted by atomic mass is 16.5. The van der Waals surface area contributed by atoms with E-state index in [1.165, 1.54) is 16.8 Å². The molecule has 0 spiro atoms. The number of carbonyl (C=O) groups is 1. The maximum Gasteiger partial charge on any atom is 0.277 e. The molecule has 0 fully saturated rings. The fourth-order valence-corrected chi connectivity index (χ4v) is 3.35. The molecule has 0 radical (unpaired) electrons. The van der Waals surface area contributed by atoms with Gasteiger partial charge in [-0.25, -0.2) is 5.43 Å². The number of likely N-dealkylation sites (N-methyl/N-ethyl adjacent to an activating group) is 1. The number of hydrogen-bond acceptors (Lipinski definition) is 5. The molecule has 6 heteroatoms. The number of anilines is 1.